The normalized spacial score (nSPS) is 20.8. The maximum atomic E-state index is 3.88. The van der Waals surface area contributed by atoms with Crippen molar-refractivity contribution in [2.45, 2.75) is 65.0 Å². The summed E-state index contributed by atoms with van der Waals surface area (Å²) in [6.45, 7) is 6.97. The lowest BCUT2D eigenvalue weighted by atomic mass is 9.86. The number of hydrogen-bond donors (Lipinski definition) is 1. The van der Waals surface area contributed by atoms with Crippen LogP contribution in [0.1, 0.15) is 63.6 Å². The summed E-state index contributed by atoms with van der Waals surface area (Å²) in [5.74, 6) is 0.805. The fourth-order valence-electron chi connectivity index (χ4n) is 3.38. The molecule has 0 bridgehead atoms. The minimum Gasteiger partial charge on any atom is -0.307 e. The Labute approximate surface area is 112 Å². The van der Waals surface area contributed by atoms with Crippen LogP contribution in [0.3, 0.4) is 0 Å². The average Bonchev–Trinajstić information content (AvgIpc) is 2.40. The molecule has 2 atom stereocenters. The minimum absolute atomic E-state index is 0.575. The van der Waals surface area contributed by atoms with Crippen molar-refractivity contribution >= 4 is 0 Å². The van der Waals surface area contributed by atoms with Crippen molar-refractivity contribution in [3.63, 3.8) is 0 Å². The van der Waals surface area contributed by atoms with Gasteiger partial charge < -0.3 is 5.32 Å². The topological polar surface area (TPSA) is 12.0 Å². The van der Waals surface area contributed by atoms with Crippen LogP contribution in [-0.4, -0.2) is 6.04 Å². The highest BCUT2D eigenvalue weighted by Crippen LogP contribution is 2.30. The molecule has 18 heavy (non-hydrogen) atoms. The largest absolute Gasteiger partial charge is 0.307 e. The lowest BCUT2D eigenvalue weighted by Gasteiger charge is -2.32. The van der Waals surface area contributed by atoms with Gasteiger partial charge in [-0.3, -0.25) is 0 Å². The molecule has 0 aromatic heterocycles. The van der Waals surface area contributed by atoms with Crippen LogP contribution in [0.4, 0.5) is 0 Å². The van der Waals surface area contributed by atoms with Crippen LogP contribution in [0.5, 0.6) is 0 Å². The summed E-state index contributed by atoms with van der Waals surface area (Å²) >= 11 is 0. The van der Waals surface area contributed by atoms with Gasteiger partial charge in [0.25, 0.3) is 0 Å². The molecule has 0 radical (unpaired) electrons. The predicted molar refractivity (Wildman–Crippen MR) is 78.8 cm³/mol. The quantitative estimate of drug-likeness (QED) is 0.806. The first-order valence-corrected chi connectivity index (χ1v) is 7.60. The summed E-state index contributed by atoms with van der Waals surface area (Å²) in [5.41, 5.74) is 3.10. The van der Waals surface area contributed by atoms with Crippen molar-refractivity contribution in [1.29, 1.82) is 0 Å². The van der Waals surface area contributed by atoms with Gasteiger partial charge in [-0.25, -0.2) is 0 Å². The van der Waals surface area contributed by atoms with E-state index in [4.69, 9.17) is 0 Å². The lowest BCUT2D eigenvalue weighted by molar-refractivity contribution is 0.307. The van der Waals surface area contributed by atoms with Crippen LogP contribution in [0, 0.1) is 5.92 Å². The third-order valence-corrected chi connectivity index (χ3v) is 4.59. The monoisotopic (exact) mass is 245 g/mol. The summed E-state index contributed by atoms with van der Waals surface area (Å²) in [4.78, 5) is 0. The van der Waals surface area contributed by atoms with Crippen molar-refractivity contribution in [2.24, 2.45) is 5.92 Å². The summed E-state index contributed by atoms with van der Waals surface area (Å²) in [7, 11) is 0. The Morgan fingerprint density at radius 2 is 1.94 bits per heavy atom. The van der Waals surface area contributed by atoms with Crippen molar-refractivity contribution < 1.29 is 0 Å². The van der Waals surface area contributed by atoms with Gasteiger partial charge in [-0.2, -0.15) is 0 Å². The molecule has 0 amide bonds. The predicted octanol–water partition coefficient (Wildman–Crippen LogP) is 4.48. The van der Waals surface area contributed by atoms with Crippen LogP contribution in [0.15, 0.2) is 24.3 Å². The average molecular weight is 245 g/mol. The highest BCUT2D eigenvalue weighted by molar-refractivity contribution is 5.32. The van der Waals surface area contributed by atoms with E-state index in [9.17, 15) is 0 Å². The third-order valence-electron chi connectivity index (χ3n) is 4.59. The van der Waals surface area contributed by atoms with Gasteiger partial charge in [-0.1, -0.05) is 51.0 Å². The van der Waals surface area contributed by atoms with Gasteiger partial charge >= 0.3 is 0 Å². The maximum Gasteiger partial charge on any atom is 0.0325 e. The van der Waals surface area contributed by atoms with E-state index in [0.717, 1.165) is 5.92 Å². The molecule has 2 rings (SSSR count). The molecule has 1 nitrogen and oxygen atoms in total. The first-order chi connectivity index (χ1) is 8.76. The van der Waals surface area contributed by atoms with Crippen LogP contribution < -0.4 is 5.32 Å². The zero-order chi connectivity index (χ0) is 13.0. The van der Waals surface area contributed by atoms with Crippen molar-refractivity contribution in [3.05, 3.63) is 35.4 Å². The van der Waals surface area contributed by atoms with Gasteiger partial charge in [0, 0.05) is 12.1 Å². The van der Waals surface area contributed by atoms with Gasteiger partial charge in [0.2, 0.25) is 0 Å². The molecule has 1 N–H and O–H groups in total. The molecule has 0 aliphatic heterocycles. The molecule has 0 saturated heterocycles. The molecule has 100 valence electrons. The fourth-order valence-corrected chi connectivity index (χ4v) is 3.38. The molecule has 0 saturated carbocycles. The molecule has 1 heteroatoms. The number of benzene rings is 1. The molecular weight excluding hydrogens is 218 g/mol. The number of hydrogen-bond acceptors (Lipinski definition) is 1. The van der Waals surface area contributed by atoms with Crippen molar-refractivity contribution in [2.75, 3.05) is 0 Å². The standard InChI is InChI=1S/C17H27N/c1-4-14(5-2)13(3)18-17-12-8-10-15-9-6-7-11-16(15)17/h6-7,9,11,13-14,17-18H,4-5,8,10,12H2,1-3H3. The lowest BCUT2D eigenvalue weighted by Crippen LogP contribution is -2.37. The van der Waals surface area contributed by atoms with Gasteiger partial charge in [0.1, 0.15) is 0 Å². The summed E-state index contributed by atoms with van der Waals surface area (Å²) < 4.78 is 0. The SMILES string of the molecule is CCC(CC)C(C)NC1CCCc2ccccc21. The van der Waals surface area contributed by atoms with E-state index < -0.39 is 0 Å². The minimum atomic E-state index is 0.575. The fraction of sp³-hybridized carbons (Fsp3) is 0.647. The second kappa shape index (κ2) is 6.38. The summed E-state index contributed by atoms with van der Waals surface area (Å²) in [6, 6.07) is 10.2. The van der Waals surface area contributed by atoms with Gasteiger partial charge in [0.05, 0.1) is 0 Å². The zero-order valence-electron chi connectivity index (χ0n) is 12.1. The van der Waals surface area contributed by atoms with E-state index >= 15 is 0 Å². The number of aryl methyl sites for hydroxylation is 1. The van der Waals surface area contributed by atoms with Gasteiger partial charge in [-0.05, 0) is 43.2 Å². The van der Waals surface area contributed by atoms with Crippen molar-refractivity contribution in [1.82, 2.24) is 5.32 Å². The molecular formula is C17H27N. The van der Waals surface area contributed by atoms with Crippen LogP contribution >= 0.6 is 0 Å². The van der Waals surface area contributed by atoms with Crippen LogP contribution in [0.25, 0.3) is 0 Å². The van der Waals surface area contributed by atoms with E-state index in [2.05, 4.69) is 50.4 Å². The third kappa shape index (κ3) is 2.95. The highest BCUT2D eigenvalue weighted by Gasteiger charge is 2.23. The first kappa shape index (κ1) is 13.6. The van der Waals surface area contributed by atoms with E-state index in [1.54, 1.807) is 11.1 Å². The Balaban J connectivity index is 2.07. The molecule has 2 unspecified atom stereocenters. The molecule has 1 aromatic rings. The Bertz CT molecular complexity index is 368. The molecule has 0 heterocycles. The second-order valence-electron chi connectivity index (χ2n) is 5.68. The Morgan fingerprint density at radius 1 is 1.22 bits per heavy atom. The summed E-state index contributed by atoms with van der Waals surface area (Å²) in [5, 5.41) is 3.88. The molecule has 1 aliphatic carbocycles. The van der Waals surface area contributed by atoms with E-state index in [-0.39, 0.29) is 0 Å². The van der Waals surface area contributed by atoms with E-state index in [1.165, 1.54) is 32.1 Å². The Hall–Kier alpha value is -0.820. The van der Waals surface area contributed by atoms with Crippen molar-refractivity contribution in [3.8, 4) is 0 Å². The van der Waals surface area contributed by atoms with Gasteiger partial charge in [-0.15, -0.1) is 0 Å². The van der Waals surface area contributed by atoms with Gasteiger partial charge in [0.15, 0.2) is 0 Å². The number of fused-ring (bicyclic) bond motifs is 1. The van der Waals surface area contributed by atoms with Crippen LogP contribution in [0.2, 0.25) is 0 Å². The molecule has 0 fully saturated rings. The molecule has 0 spiro atoms. The zero-order valence-corrected chi connectivity index (χ0v) is 12.1. The maximum absolute atomic E-state index is 3.88. The molecule has 1 aromatic carbocycles. The Kier molecular flexibility index (Phi) is 4.82. The first-order valence-electron chi connectivity index (χ1n) is 7.60. The second-order valence-corrected chi connectivity index (χ2v) is 5.68. The van der Waals surface area contributed by atoms with Crippen LogP contribution in [-0.2, 0) is 6.42 Å². The number of nitrogens with one attached hydrogen (secondary N) is 1. The number of rotatable bonds is 5. The smallest absolute Gasteiger partial charge is 0.0325 e. The molecule has 1 aliphatic rings. The highest BCUT2D eigenvalue weighted by atomic mass is 15.0. The summed E-state index contributed by atoms with van der Waals surface area (Å²) in [6.07, 6.45) is 6.43. The van der Waals surface area contributed by atoms with E-state index in [1.807, 2.05) is 0 Å². The Morgan fingerprint density at radius 3 is 2.67 bits per heavy atom. The van der Waals surface area contributed by atoms with E-state index in [0.29, 0.717) is 12.1 Å².